The van der Waals surface area contributed by atoms with E-state index in [9.17, 15) is 15.3 Å². The van der Waals surface area contributed by atoms with E-state index < -0.39 is 24.3 Å². The number of methoxy groups -OCH3 is 1. The molecule has 0 rings (SSSR count). The predicted molar refractivity (Wildman–Crippen MR) is 88.3 cm³/mol. The Morgan fingerprint density at radius 3 is 1.74 bits per heavy atom. The molecular formula is C17H36O6. The van der Waals surface area contributed by atoms with Gasteiger partial charge in [-0.2, -0.15) is 0 Å². The second kappa shape index (κ2) is 9.91. The van der Waals surface area contributed by atoms with Crippen molar-refractivity contribution in [3.63, 3.8) is 0 Å². The van der Waals surface area contributed by atoms with Crippen LogP contribution < -0.4 is 0 Å². The third-order valence-electron chi connectivity index (χ3n) is 4.66. The number of rotatable bonds is 12. The molecule has 6 nitrogen and oxygen atoms in total. The number of hydrogen-bond donors (Lipinski definition) is 3. The molecule has 0 amide bonds. The molecule has 0 aromatic rings. The summed E-state index contributed by atoms with van der Waals surface area (Å²) in [6.45, 7) is 11.2. The molecular weight excluding hydrogens is 300 g/mol. The second-order valence-electron chi connectivity index (χ2n) is 7.49. The molecule has 4 atom stereocenters. The molecule has 0 aromatic heterocycles. The fourth-order valence-corrected chi connectivity index (χ4v) is 2.21. The molecule has 0 aromatic carbocycles. The van der Waals surface area contributed by atoms with Gasteiger partial charge in [-0.25, -0.2) is 0 Å². The Hall–Kier alpha value is -0.240. The molecule has 140 valence electrons. The highest BCUT2D eigenvalue weighted by atomic mass is 16.7. The smallest absolute Gasteiger partial charge is 0.162 e. The quantitative estimate of drug-likeness (QED) is 0.475. The fraction of sp³-hybridized carbons (Fsp3) is 1.00. The minimum absolute atomic E-state index is 0.0983. The normalized spacial score (nSPS) is 18.5. The van der Waals surface area contributed by atoms with Gasteiger partial charge in [-0.15, -0.1) is 0 Å². The number of aliphatic hydroxyl groups excluding tert-OH is 3. The summed E-state index contributed by atoms with van der Waals surface area (Å²) in [4.78, 5) is 0. The molecule has 0 aliphatic rings. The topological polar surface area (TPSA) is 88.4 Å². The van der Waals surface area contributed by atoms with Gasteiger partial charge in [0.05, 0.1) is 0 Å². The van der Waals surface area contributed by atoms with Gasteiger partial charge in [0.25, 0.3) is 0 Å². The van der Waals surface area contributed by atoms with Crippen LogP contribution in [0.5, 0.6) is 0 Å². The molecule has 6 heteroatoms. The zero-order valence-electron chi connectivity index (χ0n) is 15.7. The van der Waals surface area contributed by atoms with Crippen molar-refractivity contribution in [1.29, 1.82) is 0 Å². The van der Waals surface area contributed by atoms with Gasteiger partial charge in [0, 0.05) is 23.9 Å². The molecule has 0 heterocycles. The predicted octanol–water partition coefficient (Wildman–Crippen LogP) is 2.46. The summed E-state index contributed by atoms with van der Waals surface area (Å²) in [6.07, 6.45) is -0.878. The third kappa shape index (κ3) is 7.45. The van der Waals surface area contributed by atoms with Crippen molar-refractivity contribution >= 4 is 0 Å². The van der Waals surface area contributed by atoms with Gasteiger partial charge >= 0.3 is 0 Å². The molecule has 0 saturated heterocycles. The van der Waals surface area contributed by atoms with Gasteiger partial charge in [0.2, 0.25) is 0 Å². The van der Waals surface area contributed by atoms with Gasteiger partial charge in [-0.05, 0) is 19.3 Å². The third-order valence-corrected chi connectivity index (χ3v) is 4.66. The number of aliphatic hydroxyl groups is 3. The van der Waals surface area contributed by atoms with Gasteiger partial charge < -0.3 is 29.5 Å². The van der Waals surface area contributed by atoms with Crippen LogP contribution in [0.25, 0.3) is 0 Å². The second-order valence-corrected chi connectivity index (χ2v) is 7.49. The Labute approximate surface area is 140 Å². The Morgan fingerprint density at radius 1 is 0.870 bits per heavy atom. The van der Waals surface area contributed by atoms with Crippen molar-refractivity contribution in [2.24, 2.45) is 16.7 Å². The molecule has 0 fully saturated rings. The van der Waals surface area contributed by atoms with Gasteiger partial charge in [0.1, 0.15) is 0 Å². The van der Waals surface area contributed by atoms with E-state index in [2.05, 4.69) is 0 Å². The van der Waals surface area contributed by atoms with Crippen LogP contribution >= 0.6 is 0 Å². The molecule has 0 aliphatic heterocycles. The zero-order chi connectivity index (χ0) is 18.3. The van der Waals surface area contributed by atoms with Crippen LogP contribution in [-0.2, 0) is 14.2 Å². The first-order chi connectivity index (χ1) is 10.5. The van der Waals surface area contributed by atoms with Crippen molar-refractivity contribution in [3.05, 3.63) is 0 Å². The zero-order valence-corrected chi connectivity index (χ0v) is 15.7. The highest BCUT2D eigenvalue weighted by Crippen LogP contribution is 2.33. The molecule has 4 unspecified atom stereocenters. The van der Waals surface area contributed by atoms with E-state index in [1.807, 2.05) is 41.5 Å². The average molecular weight is 336 g/mol. The lowest BCUT2D eigenvalue weighted by molar-refractivity contribution is -0.271. The van der Waals surface area contributed by atoms with Crippen molar-refractivity contribution in [2.45, 2.75) is 79.7 Å². The van der Waals surface area contributed by atoms with E-state index in [-0.39, 0.29) is 18.1 Å². The van der Waals surface area contributed by atoms with E-state index in [0.717, 1.165) is 12.8 Å². The van der Waals surface area contributed by atoms with Crippen LogP contribution in [0.15, 0.2) is 0 Å². The maximum atomic E-state index is 10.2. The summed E-state index contributed by atoms with van der Waals surface area (Å²) in [5.41, 5.74) is -0.964. The molecule has 3 N–H and O–H groups in total. The van der Waals surface area contributed by atoms with Crippen LogP contribution in [0.1, 0.15) is 60.8 Å². The van der Waals surface area contributed by atoms with Crippen molar-refractivity contribution in [2.75, 3.05) is 13.9 Å². The van der Waals surface area contributed by atoms with Crippen LogP contribution in [0.4, 0.5) is 0 Å². The van der Waals surface area contributed by atoms with E-state index in [4.69, 9.17) is 14.2 Å². The fourth-order valence-electron chi connectivity index (χ4n) is 2.21. The summed E-state index contributed by atoms with van der Waals surface area (Å²) < 4.78 is 15.6. The lowest BCUT2D eigenvalue weighted by atomic mass is 9.80. The van der Waals surface area contributed by atoms with Crippen LogP contribution in [0.3, 0.4) is 0 Å². The maximum absolute atomic E-state index is 10.2. The maximum Gasteiger partial charge on any atom is 0.162 e. The Bertz CT molecular complexity index is 318. The van der Waals surface area contributed by atoms with Crippen LogP contribution in [0.2, 0.25) is 0 Å². The monoisotopic (exact) mass is 336 g/mol. The van der Waals surface area contributed by atoms with Gasteiger partial charge in [0.15, 0.2) is 25.7 Å². The highest BCUT2D eigenvalue weighted by Gasteiger charge is 2.34. The molecule has 0 spiro atoms. The first kappa shape index (κ1) is 22.8. The largest absolute Gasteiger partial charge is 0.368 e. The standard InChI is InChI=1S/C17H36O6/c1-8-12(13(18)21-7)10-17(5,6)15(20)23-11-22-14(19)16(3,4)9-2/h12-15,18-20H,8-11H2,1-7H3. The van der Waals surface area contributed by atoms with Crippen molar-refractivity contribution in [1.82, 2.24) is 0 Å². The van der Waals surface area contributed by atoms with Crippen molar-refractivity contribution in [3.8, 4) is 0 Å². The first-order valence-corrected chi connectivity index (χ1v) is 8.32. The summed E-state index contributed by atoms with van der Waals surface area (Å²) in [7, 11) is 1.46. The highest BCUT2D eigenvalue weighted by molar-refractivity contribution is 4.77. The lowest BCUT2D eigenvalue weighted by Gasteiger charge is -2.35. The SMILES string of the molecule is CCC(CC(C)(C)C(O)OCOC(O)C(C)(C)CC)C(O)OC. The summed E-state index contributed by atoms with van der Waals surface area (Å²) in [5.74, 6) is -0.0983. The minimum atomic E-state index is -1.07. The summed E-state index contributed by atoms with van der Waals surface area (Å²) >= 11 is 0. The lowest BCUT2D eigenvalue weighted by Crippen LogP contribution is -2.38. The summed E-state index contributed by atoms with van der Waals surface area (Å²) in [5, 5.41) is 30.0. The first-order valence-electron chi connectivity index (χ1n) is 8.32. The van der Waals surface area contributed by atoms with E-state index >= 15 is 0 Å². The number of hydrogen-bond acceptors (Lipinski definition) is 6. The molecule has 0 bridgehead atoms. The van der Waals surface area contributed by atoms with E-state index in [0.29, 0.717) is 6.42 Å². The van der Waals surface area contributed by atoms with Crippen LogP contribution in [0, 0.1) is 16.7 Å². The van der Waals surface area contributed by atoms with E-state index in [1.165, 1.54) is 7.11 Å². The molecule has 0 aliphatic carbocycles. The Kier molecular flexibility index (Phi) is 9.81. The average Bonchev–Trinajstić information content (AvgIpc) is 2.51. The van der Waals surface area contributed by atoms with Crippen LogP contribution in [-0.4, -0.2) is 48.1 Å². The Balaban J connectivity index is 4.44. The molecule has 0 saturated carbocycles. The molecule has 0 radical (unpaired) electrons. The van der Waals surface area contributed by atoms with E-state index in [1.54, 1.807) is 0 Å². The van der Waals surface area contributed by atoms with Crippen molar-refractivity contribution < 1.29 is 29.5 Å². The van der Waals surface area contributed by atoms with Gasteiger partial charge in [-0.1, -0.05) is 41.5 Å². The minimum Gasteiger partial charge on any atom is -0.368 e. The van der Waals surface area contributed by atoms with Gasteiger partial charge in [-0.3, -0.25) is 0 Å². The number of ether oxygens (including phenoxy) is 3. The summed E-state index contributed by atoms with van der Waals surface area (Å²) in [6, 6.07) is 0. The molecule has 23 heavy (non-hydrogen) atoms. The Morgan fingerprint density at radius 2 is 1.35 bits per heavy atom.